The van der Waals surface area contributed by atoms with Crippen LogP contribution in [0, 0.1) is 11.6 Å². The molecule has 1 aliphatic rings. The summed E-state index contributed by atoms with van der Waals surface area (Å²) >= 11 is 6.13. The van der Waals surface area contributed by atoms with Crippen LogP contribution in [0.15, 0.2) is 41.4 Å². The van der Waals surface area contributed by atoms with E-state index < -0.39 is 27.3 Å². The molecule has 218 valence electrons. The van der Waals surface area contributed by atoms with Crippen LogP contribution in [0.4, 0.5) is 20.3 Å². The maximum absolute atomic E-state index is 15.7. The van der Waals surface area contributed by atoms with Crippen LogP contribution >= 0.6 is 11.6 Å². The highest BCUT2D eigenvalue weighted by Crippen LogP contribution is 2.42. The molecular weight excluding hydrogens is 570 g/mol. The van der Waals surface area contributed by atoms with Gasteiger partial charge < -0.3 is 11.5 Å². The predicted octanol–water partition coefficient (Wildman–Crippen LogP) is 6.54. The monoisotopic (exact) mass is 602 g/mol. The summed E-state index contributed by atoms with van der Waals surface area (Å²) in [7, 11) is -4.31. The van der Waals surface area contributed by atoms with Crippen molar-refractivity contribution >= 4 is 44.0 Å². The van der Waals surface area contributed by atoms with E-state index in [2.05, 4.69) is 14.8 Å². The largest absolute Gasteiger partial charge is 0.383 e. The normalized spacial score (nSPS) is 17.9. The maximum atomic E-state index is 15.7. The topological polar surface area (TPSA) is 129 Å². The van der Waals surface area contributed by atoms with E-state index in [1.54, 1.807) is 16.9 Å². The molecule has 2 aromatic heterocycles. The fraction of sp³-hybridized carbons (Fsp3) is 0.379. The summed E-state index contributed by atoms with van der Waals surface area (Å²) in [6.07, 6.45) is 5.83. The zero-order valence-corrected chi connectivity index (χ0v) is 24.7. The lowest BCUT2D eigenvalue weighted by atomic mass is 9.82. The van der Waals surface area contributed by atoms with Gasteiger partial charge in [-0.2, -0.15) is 5.10 Å². The number of nitrogen functional groups attached to an aromatic ring is 1. The quantitative estimate of drug-likeness (QED) is 0.220. The molecule has 0 saturated heterocycles. The van der Waals surface area contributed by atoms with Gasteiger partial charge >= 0.3 is 0 Å². The van der Waals surface area contributed by atoms with Crippen LogP contribution in [0.2, 0.25) is 5.02 Å². The molecule has 1 aliphatic carbocycles. The van der Waals surface area contributed by atoms with Crippen molar-refractivity contribution in [1.82, 2.24) is 14.8 Å². The number of aromatic nitrogens is 3. The van der Waals surface area contributed by atoms with E-state index >= 15 is 8.78 Å². The van der Waals surface area contributed by atoms with Crippen molar-refractivity contribution < 1.29 is 17.2 Å². The van der Waals surface area contributed by atoms with Gasteiger partial charge in [-0.25, -0.2) is 22.2 Å². The van der Waals surface area contributed by atoms with Crippen molar-refractivity contribution in [3.8, 4) is 11.3 Å². The second-order valence-electron chi connectivity index (χ2n) is 10.9. The number of pyridine rings is 1. The molecule has 1 fully saturated rings. The first-order valence-corrected chi connectivity index (χ1v) is 15.5. The van der Waals surface area contributed by atoms with Gasteiger partial charge in [-0.15, -0.1) is 0 Å². The molecule has 0 atom stereocenters. The van der Waals surface area contributed by atoms with Crippen molar-refractivity contribution in [2.45, 2.75) is 75.8 Å². The lowest BCUT2D eigenvalue weighted by Gasteiger charge is -2.27. The van der Waals surface area contributed by atoms with E-state index in [0.717, 1.165) is 54.5 Å². The lowest BCUT2D eigenvalue weighted by molar-refractivity contribution is 0.395. The molecule has 1 saturated carbocycles. The summed E-state index contributed by atoms with van der Waals surface area (Å²) in [5.41, 5.74) is 14.3. The van der Waals surface area contributed by atoms with Gasteiger partial charge in [-0.3, -0.25) is 9.40 Å². The van der Waals surface area contributed by atoms with E-state index in [0.29, 0.717) is 11.8 Å². The average molecular weight is 603 g/mol. The molecule has 0 unspecified atom stereocenters. The molecule has 41 heavy (non-hydrogen) atoms. The van der Waals surface area contributed by atoms with Crippen LogP contribution in [-0.4, -0.2) is 29.2 Å². The second kappa shape index (κ2) is 11.2. The average Bonchev–Trinajstić information content (AvgIpc) is 3.33. The third kappa shape index (κ3) is 5.50. The number of anilines is 2. The van der Waals surface area contributed by atoms with Gasteiger partial charge in [0.15, 0.2) is 0 Å². The zero-order valence-electron chi connectivity index (χ0n) is 23.1. The van der Waals surface area contributed by atoms with E-state index in [9.17, 15) is 8.42 Å². The van der Waals surface area contributed by atoms with Crippen LogP contribution < -0.4 is 16.2 Å². The summed E-state index contributed by atoms with van der Waals surface area (Å²) in [4.78, 5) is 4.18. The molecule has 4 aromatic rings. The summed E-state index contributed by atoms with van der Waals surface area (Å²) in [6, 6.07) is 6.34. The zero-order chi connectivity index (χ0) is 29.6. The Hall–Kier alpha value is -3.28. The molecular formula is C29H33ClF2N6O2S. The Labute approximate surface area is 243 Å². The number of rotatable bonds is 7. The summed E-state index contributed by atoms with van der Waals surface area (Å²) in [5, 5.41) is 5.08. The lowest BCUT2D eigenvalue weighted by Crippen LogP contribution is -2.26. The fourth-order valence-corrected chi connectivity index (χ4v) is 7.10. The van der Waals surface area contributed by atoms with Gasteiger partial charge in [0, 0.05) is 29.9 Å². The first-order valence-electron chi connectivity index (χ1n) is 13.6. The second-order valence-corrected chi connectivity index (χ2v) is 12.9. The van der Waals surface area contributed by atoms with Crippen LogP contribution in [-0.2, 0) is 16.4 Å². The number of hydrogen-bond donors (Lipinski definition) is 3. The Balaban J connectivity index is 1.60. The van der Waals surface area contributed by atoms with E-state index in [1.165, 1.54) is 12.1 Å². The summed E-state index contributed by atoms with van der Waals surface area (Å²) in [5.74, 6) is -1.53. The van der Waals surface area contributed by atoms with Crippen molar-refractivity contribution in [3.63, 3.8) is 0 Å². The minimum Gasteiger partial charge on any atom is -0.383 e. The molecule has 5 rings (SSSR count). The summed E-state index contributed by atoms with van der Waals surface area (Å²) in [6.45, 7) is 5.75. The van der Waals surface area contributed by atoms with Crippen molar-refractivity contribution in [2.75, 3.05) is 10.5 Å². The van der Waals surface area contributed by atoms with Crippen LogP contribution in [0.3, 0.4) is 0 Å². The number of benzene rings is 2. The highest BCUT2D eigenvalue weighted by molar-refractivity contribution is 7.92. The molecule has 0 bridgehead atoms. The maximum Gasteiger partial charge on any atom is 0.263 e. The highest BCUT2D eigenvalue weighted by atomic mass is 35.5. The fourth-order valence-electron chi connectivity index (χ4n) is 5.49. The SMILES string of the molecule is CCc1ccc(Cl)c(S(=O)(=O)Nc2cc(F)c(-c3nn(C(C)C)c4c(C5CCC(N)CC5)cnc(N)c34)cc2F)c1. The van der Waals surface area contributed by atoms with Crippen LogP contribution in [0.25, 0.3) is 22.2 Å². The number of halogens is 3. The molecule has 0 spiro atoms. The molecule has 0 amide bonds. The number of hydrogen-bond acceptors (Lipinski definition) is 6. The van der Waals surface area contributed by atoms with Gasteiger partial charge in [-0.1, -0.05) is 24.6 Å². The molecule has 8 nitrogen and oxygen atoms in total. The van der Waals surface area contributed by atoms with Gasteiger partial charge in [0.2, 0.25) is 0 Å². The number of fused-ring (bicyclic) bond motifs is 1. The third-order valence-electron chi connectivity index (χ3n) is 7.73. The number of aryl methyl sites for hydroxylation is 1. The third-order valence-corrected chi connectivity index (χ3v) is 9.58. The number of nitrogens with zero attached hydrogens (tertiary/aromatic N) is 3. The van der Waals surface area contributed by atoms with E-state index in [4.69, 9.17) is 23.1 Å². The summed E-state index contributed by atoms with van der Waals surface area (Å²) < 4.78 is 61.2. The number of sulfonamides is 1. The Morgan fingerprint density at radius 1 is 1.12 bits per heavy atom. The van der Waals surface area contributed by atoms with Gasteiger partial charge in [0.1, 0.15) is 28.0 Å². The highest BCUT2D eigenvalue weighted by Gasteiger charge is 2.29. The predicted molar refractivity (Wildman–Crippen MR) is 159 cm³/mol. The van der Waals surface area contributed by atoms with Crippen molar-refractivity contribution in [1.29, 1.82) is 0 Å². The van der Waals surface area contributed by atoms with Crippen LogP contribution in [0.5, 0.6) is 0 Å². The van der Waals surface area contributed by atoms with Crippen molar-refractivity contribution in [2.24, 2.45) is 5.73 Å². The first-order chi connectivity index (χ1) is 19.4. The minimum atomic E-state index is -4.31. The van der Waals surface area contributed by atoms with Gasteiger partial charge in [-0.05, 0) is 81.2 Å². The first kappa shape index (κ1) is 29.2. The smallest absolute Gasteiger partial charge is 0.263 e. The van der Waals surface area contributed by atoms with Crippen molar-refractivity contribution in [3.05, 3.63) is 64.3 Å². The minimum absolute atomic E-state index is 0.0309. The van der Waals surface area contributed by atoms with Gasteiger partial charge in [0.25, 0.3) is 10.0 Å². The van der Waals surface area contributed by atoms with Gasteiger partial charge in [0.05, 0.1) is 21.6 Å². The molecule has 12 heteroatoms. The molecule has 5 N–H and O–H groups in total. The number of nitrogens with two attached hydrogens (primary N) is 2. The standard InChI is InChI=1S/C29H33ClF2N6O2S/c1-4-16-5-10-21(30)25(11-16)41(39,40)37-24-13-22(31)19(12-23(24)32)27-26-28(38(36-27)15(2)3)20(14-35-29(26)34)17-6-8-18(33)9-7-17/h5,10-15,17-18,37H,4,6-9,33H2,1-3H3,(H2,34,35). The Morgan fingerprint density at radius 3 is 2.49 bits per heavy atom. The van der Waals surface area contributed by atoms with Crippen LogP contribution in [0.1, 0.15) is 69.5 Å². The molecule has 2 aromatic carbocycles. The number of nitrogens with one attached hydrogen (secondary N) is 1. The molecule has 2 heterocycles. The Bertz CT molecular complexity index is 1730. The Morgan fingerprint density at radius 2 is 1.83 bits per heavy atom. The molecule has 0 radical (unpaired) electrons. The Kier molecular flexibility index (Phi) is 7.97. The van der Waals surface area contributed by atoms with E-state index in [-0.39, 0.29) is 45.0 Å². The molecule has 0 aliphatic heterocycles. The van der Waals surface area contributed by atoms with E-state index in [1.807, 2.05) is 20.8 Å².